The Morgan fingerprint density at radius 2 is 1.90 bits per heavy atom. The summed E-state index contributed by atoms with van der Waals surface area (Å²) >= 11 is 1.74. The molecule has 160 valence electrons. The van der Waals surface area contributed by atoms with Crippen LogP contribution in [-0.2, 0) is 19.9 Å². The van der Waals surface area contributed by atoms with Crippen LogP contribution in [0, 0.1) is 25.7 Å². The number of quaternary nitrogens is 1. The number of nitrogens with two attached hydrogens (primary N) is 1. The molecule has 7 heteroatoms. The minimum atomic E-state index is -1.03. The summed E-state index contributed by atoms with van der Waals surface area (Å²) in [6.45, 7) is 4.02. The van der Waals surface area contributed by atoms with Crippen LogP contribution >= 0.6 is 11.8 Å². The molecule has 3 heterocycles. The Bertz CT molecular complexity index is 942. The molecule has 1 aromatic carbocycles. The van der Waals surface area contributed by atoms with Crippen molar-refractivity contribution in [3.63, 3.8) is 0 Å². The zero-order chi connectivity index (χ0) is 21.2. The number of nitrogens with zero attached hydrogens (tertiary/aromatic N) is 1. The molecular formula is C23H30N3O3S+. The van der Waals surface area contributed by atoms with Gasteiger partial charge in [0.2, 0.25) is 17.4 Å². The molecule has 0 aromatic heterocycles. The number of thioether (sulfide) groups is 1. The van der Waals surface area contributed by atoms with Crippen molar-refractivity contribution in [3.8, 4) is 0 Å². The monoisotopic (exact) mass is 428 g/mol. The molecule has 0 bridgehead atoms. The molecule has 5 rings (SSSR count). The van der Waals surface area contributed by atoms with Crippen molar-refractivity contribution < 1.29 is 19.7 Å². The number of carbonyl (C=O) groups excluding carboxylic acids is 3. The summed E-state index contributed by atoms with van der Waals surface area (Å²) in [4.78, 5) is 42.5. The molecule has 0 radical (unpaired) electrons. The Hall–Kier alpha value is -1.86. The third-order valence-electron chi connectivity index (χ3n) is 7.70. The first-order valence-corrected chi connectivity index (χ1v) is 12.4. The minimum absolute atomic E-state index is 0.0111. The van der Waals surface area contributed by atoms with Crippen molar-refractivity contribution in [1.82, 2.24) is 4.90 Å². The molecule has 3 amide bonds. The summed E-state index contributed by atoms with van der Waals surface area (Å²) < 4.78 is 0. The number of hydrogen-bond acceptors (Lipinski definition) is 4. The van der Waals surface area contributed by atoms with Crippen LogP contribution in [0.3, 0.4) is 0 Å². The lowest BCUT2D eigenvalue weighted by Gasteiger charge is -2.29. The molecule has 4 atom stereocenters. The van der Waals surface area contributed by atoms with Crippen LogP contribution in [0.15, 0.2) is 12.1 Å². The second kappa shape index (κ2) is 7.09. The van der Waals surface area contributed by atoms with Gasteiger partial charge in [0, 0.05) is 18.0 Å². The Labute approximate surface area is 181 Å². The predicted molar refractivity (Wildman–Crippen MR) is 116 cm³/mol. The number of benzene rings is 1. The van der Waals surface area contributed by atoms with Gasteiger partial charge >= 0.3 is 0 Å². The van der Waals surface area contributed by atoms with Gasteiger partial charge in [-0.2, -0.15) is 11.8 Å². The molecule has 4 aliphatic rings. The minimum Gasteiger partial charge on any atom is -0.326 e. The number of imide groups is 1. The Morgan fingerprint density at radius 3 is 2.60 bits per heavy atom. The first-order valence-electron chi connectivity index (χ1n) is 11.0. The first-order chi connectivity index (χ1) is 14.4. The van der Waals surface area contributed by atoms with Gasteiger partial charge in [-0.25, -0.2) is 0 Å². The summed E-state index contributed by atoms with van der Waals surface area (Å²) in [7, 11) is 0. The van der Waals surface area contributed by atoms with Crippen LogP contribution < -0.4 is 10.6 Å². The number of nitrogens with one attached hydrogen (secondary N) is 1. The van der Waals surface area contributed by atoms with Gasteiger partial charge in [0.15, 0.2) is 0 Å². The molecule has 3 N–H and O–H groups in total. The third kappa shape index (κ3) is 2.57. The van der Waals surface area contributed by atoms with E-state index in [4.69, 9.17) is 0 Å². The molecule has 3 fully saturated rings. The molecule has 3 aliphatic heterocycles. The molecule has 2 saturated heterocycles. The van der Waals surface area contributed by atoms with E-state index in [1.807, 2.05) is 19.9 Å². The molecule has 0 unspecified atom stereocenters. The average Bonchev–Trinajstić information content (AvgIpc) is 3.44. The average molecular weight is 429 g/mol. The van der Waals surface area contributed by atoms with E-state index in [1.165, 1.54) is 0 Å². The van der Waals surface area contributed by atoms with Crippen molar-refractivity contribution in [3.05, 3.63) is 28.8 Å². The lowest BCUT2D eigenvalue weighted by Crippen LogP contribution is -2.99. The van der Waals surface area contributed by atoms with E-state index >= 15 is 0 Å². The number of anilines is 1. The maximum Gasteiger partial charge on any atom is 0.291 e. The smallest absolute Gasteiger partial charge is 0.291 e. The Kier molecular flexibility index (Phi) is 4.74. The molecule has 1 aliphatic carbocycles. The summed E-state index contributed by atoms with van der Waals surface area (Å²) in [5.74, 6) is -0.416. The highest BCUT2D eigenvalue weighted by Crippen LogP contribution is 2.51. The molecule has 1 spiro atoms. The maximum atomic E-state index is 13.8. The van der Waals surface area contributed by atoms with Crippen LogP contribution in [0.1, 0.15) is 48.8 Å². The fourth-order valence-electron chi connectivity index (χ4n) is 6.48. The van der Waals surface area contributed by atoms with Crippen LogP contribution in [0.4, 0.5) is 5.69 Å². The van der Waals surface area contributed by atoms with E-state index in [9.17, 15) is 14.4 Å². The third-order valence-corrected chi connectivity index (χ3v) is 8.34. The topological polar surface area (TPSA) is 83.1 Å². The standard InChI is InChI=1S/C23H29N3O3S/c1-12-10-13(2)19-15(11-12)23(22(29)24-19)18-17(16(25-23)8-9-30-3)20(27)26(21(18)28)14-6-4-5-7-14/h10-11,14,16-18,25H,4-9H2,1-3H3,(H,24,29)/p+1/t16-,17+,18-,23+/m0/s1. The number of carbonyl (C=O) groups is 3. The van der Waals surface area contributed by atoms with Gasteiger partial charge in [0.25, 0.3) is 5.91 Å². The van der Waals surface area contributed by atoms with Crippen LogP contribution in [0.2, 0.25) is 0 Å². The fourth-order valence-corrected chi connectivity index (χ4v) is 6.99. The van der Waals surface area contributed by atoms with Crippen LogP contribution in [0.25, 0.3) is 0 Å². The van der Waals surface area contributed by atoms with E-state index in [0.717, 1.165) is 60.2 Å². The second-order valence-corrected chi connectivity index (χ2v) is 10.4. The molecule has 1 saturated carbocycles. The van der Waals surface area contributed by atoms with E-state index < -0.39 is 17.4 Å². The van der Waals surface area contributed by atoms with Crippen molar-refractivity contribution >= 4 is 35.2 Å². The van der Waals surface area contributed by atoms with Gasteiger partial charge in [-0.05, 0) is 50.3 Å². The molecule has 1 aromatic rings. The quantitative estimate of drug-likeness (QED) is 0.715. The van der Waals surface area contributed by atoms with Gasteiger partial charge in [-0.15, -0.1) is 0 Å². The first kappa shape index (κ1) is 20.1. The van der Waals surface area contributed by atoms with Gasteiger partial charge < -0.3 is 10.6 Å². The van der Waals surface area contributed by atoms with Crippen molar-refractivity contribution in [2.45, 2.75) is 63.6 Å². The zero-order valence-electron chi connectivity index (χ0n) is 17.9. The van der Waals surface area contributed by atoms with E-state index in [-0.39, 0.29) is 29.8 Å². The van der Waals surface area contributed by atoms with E-state index in [0.29, 0.717) is 0 Å². The number of aryl methyl sites for hydroxylation is 2. The SMILES string of the molecule is CSCC[C@@H]1[NH2+][C@@]2(C(=O)Nc3c(C)cc(C)cc32)[C@@H]2C(=O)N(C3CCCC3)C(=O)[C@H]12. The predicted octanol–water partition coefficient (Wildman–Crippen LogP) is 1.69. The van der Waals surface area contributed by atoms with E-state index in [1.54, 1.807) is 16.7 Å². The highest BCUT2D eigenvalue weighted by molar-refractivity contribution is 7.98. The summed E-state index contributed by atoms with van der Waals surface area (Å²) in [6.07, 6.45) is 6.78. The van der Waals surface area contributed by atoms with Crippen molar-refractivity contribution in [1.29, 1.82) is 0 Å². The Balaban J connectivity index is 1.65. The van der Waals surface area contributed by atoms with Crippen molar-refractivity contribution in [2.24, 2.45) is 11.8 Å². The fraction of sp³-hybridized carbons (Fsp3) is 0.609. The lowest BCUT2D eigenvalue weighted by atomic mass is 9.76. The highest BCUT2D eigenvalue weighted by atomic mass is 32.2. The lowest BCUT2D eigenvalue weighted by molar-refractivity contribution is -0.733. The summed E-state index contributed by atoms with van der Waals surface area (Å²) in [6, 6.07) is 4.06. The zero-order valence-corrected chi connectivity index (χ0v) is 18.7. The Morgan fingerprint density at radius 1 is 1.17 bits per heavy atom. The summed E-state index contributed by atoms with van der Waals surface area (Å²) in [5.41, 5.74) is 2.77. The van der Waals surface area contributed by atoms with E-state index in [2.05, 4.69) is 23.0 Å². The number of rotatable bonds is 4. The van der Waals surface area contributed by atoms with Crippen molar-refractivity contribution in [2.75, 3.05) is 17.3 Å². The molecule has 30 heavy (non-hydrogen) atoms. The number of fused-ring (bicyclic) bond motifs is 4. The van der Waals surface area contributed by atoms with Gasteiger partial charge in [-0.3, -0.25) is 19.3 Å². The normalized spacial score (nSPS) is 33.0. The van der Waals surface area contributed by atoms with Crippen LogP contribution in [-0.4, -0.2) is 46.7 Å². The second-order valence-electron chi connectivity index (χ2n) is 9.43. The van der Waals surface area contributed by atoms with Gasteiger partial charge in [0.1, 0.15) is 17.9 Å². The van der Waals surface area contributed by atoms with Gasteiger partial charge in [0.05, 0.1) is 5.69 Å². The summed E-state index contributed by atoms with van der Waals surface area (Å²) in [5, 5.41) is 5.15. The van der Waals surface area contributed by atoms with Gasteiger partial charge in [-0.1, -0.05) is 24.5 Å². The molecule has 6 nitrogen and oxygen atoms in total. The highest BCUT2D eigenvalue weighted by Gasteiger charge is 2.74. The number of hydrogen-bond donors (Lipinski definition) is 2. The van der Waals surface area contributed by atoms with Crippen LogP contribution in [0.5, 0.6) is 0 Å². The number of likely N-dealkylation sites (tertiary alicyclic amines) is 1. The number of amides is 3. The maximum absolute atomic E-state index is 13.8. The molecular weight excluding hydrogens is 398 g/mol. The largest absolute Gasteiger partial charge is 0.326 e.